The van der Waals surface area contributed by atoms with Crippen LogP contribution in [0.4, 0.5) is 5.82 Å². The highest BCUT2D eigenvalue weighted by atomic mass is 32.2. The number of fused-ring (bicyclic) bond motifs is 1. The number of benzene rings is 2. The molecule has 184 valence electrons. The van der Waals surface area contributed by atoms with Crippen LogP contribution in [0.2, 0.25) is 0 Å². The van der Waals surface area contributed by atoms with E-state index in [0.29, 0.717) is 13.1 Å². The van der Waals surface area contributed by atoms with Crippen LogP contribution in [0.3, 0.4) is 0 Å². The lowest BCUT2D eigenvalue weighted by atomic mass is 9.89. The van der Waals surface area contributed by atoms with Crippen LogP contribution in [0.25, 0.3) is 10.9 Å². The molecule has 3 heterocycles. The molecule has 1 atom stereocenters. The lowest BCUT2D eigenvalue weighted by Gasteiger charge is -2.34. The van der Waals surface area contributed by atoms with Crippen molar-refractivity contribution in [2.45, 2.75) is 36.6 Å². The van der Waals surface area contributed by atoms with Crippen molar-refractivity contribution in [2.24, 2.45) is 0 Å². The molecular weight excluding hydrogens is 462 g/mol. The Morgan fingerprint density at radius 2 is 1.80 bits per heavy atom. The van der Waals surface area contributed by atoms with E-state index in [1.165, 1.54) is 18.6 Å². The molecule has 1 aliphatic heterocycles. The minimum Gasteiger partial charge on any atom is -0.341 e. The molecule has 0 radical (unpaired) electrons. The van der Waals surface area contributed by atoms with Crippen LogP contribution in [0.5, 0.6) is 0 Å². The number of anilines is 1. The summed E-state index contributed by atoms with van der Waals surface area (Å²) in [4.78, 5) is 23.0. The summed E-state index contributed by atoms with van der Waals surface area (Å²) < 4.78 is 29.8. The second kappa shape index (κ2) is 9.50. The van der Waals surface area contributed by atoms with Gasteiger partial charge >= 0.3 is 0 Å². The Labute approximate surface area is 207 Å². The van der Waals surface area contributed by atoms with Crippen molar-refractivity contribution in [2.75, 3.05) is 17.8 Å². The Hall–Kier alpha value is -3.72. The Bertz CT molecular complexity index is 1440. The molecule has 1 amide bonds. The molecule has 8 nitrogen and oxygen atoms in total. The van der Waals surface area contributed by atoms with Crippen LogP contribution in [0, 0.1) is 0 Å². The number of para-hydroxylation sites is 1. The number of likely N-dealkylation sites (tertiary alicyclic amines) is 1. The van der Waals surface area contributed by atoms with Crippen molar-refractivity contribution in [3.8, 4) is 0 Å². The maximum absolute atomic E-state index is 13.2. The fourth-order valence-corrected chi connectivity index (χ4v) is 5.73. The molecule has 2 aromatic heterocycles. The van der Waals surface area contributed by atoms with Crippen LogP contribution in [0.15, 0.2) is 84.3 Å². The second-order valence-electron chi connectivity index (χ2n) is 8.83. The van der Waals surface area contributed by atoms with E-state index in [0.717, 1.165) is 29.3 Å². The van der Waals surface area contributed by atoms with Gasteiger partial charge in [0.2, 0.25) is 5.91 Å². The lowest BCUT2D eigenvalue weighted by Crippen LogP contribution is -2.41. The number of amides is 1. The number of carbonyl (C=O) groups is 1. The summed E-state index contributed by atoms with van der Waals surface area (Å²) in [5, 5.41) is 1.13. The van der Waals surface area contributed by atoms with Gasteiger partial charge in [0.25, 0.3) is 10.0 Å². The summed E-state index contributed by atoms with van der Waals surface area (Å²) in [6, 6.07) is 18.3. The quantitative estimate of drug-likeness (QED) is 0.420. The van der Waals surface area contributed by atoms with Gasteiger partial charge in [-0.05, 0) is 67.0 Å². The van der Waals surface area contributed by atoms with Crippen molar-refractivity contribution in [3.05, 3.63) is 84.9 Å². The summed E-state index contributed by atoms with van der Waals surface area (Å²) in [5.41, 5.74) is 2.15. The molecule has 35 heavy (non-hydrogen) atoms. The van der Waals surface area contributed by atoms with Crippen molar-refractivity contribution in [3.63, 3.8) is 0 Å². The molecule has 1 saturated heterocycles. The van der Waals surface area contributed by atoms with Crippen LogP contribution in [-0.2, 0) is 14.8 Å². The van der Waals surface area contributed by atoms with Crippen molar-refractivity contribution < 1.29 is 16.1 Å². The molecule has 0 saturated carbocycles. The highest BCUT2D eigenvalue weighted by Gasteiger charge is 2.28. The van der Waals surface area contributed by atoms with Crippen LogP contribution in [-0.4, -0.2) is 46.8 Å². The molecule has 9 heteroatoms. The van der Waals surface area contributed by atoms with Gasteiger partial charge < -0.3 is 9.47 Å². The Balaban J connectivity index is 0.00000190. The van der Waals surface area contributed by atoms with Crippen LogP contribution < -0.4 is 4.72 Å². The van der Waals surface area contributed by atoms with Gasteiger partial charge in [0.05, 0.1) is 4.90 Å². The summed E-state index contributed by atoms with van der Waals surface area (Å²) in [6.07, 6.45) is 6.44. The van der Waals surface area contributed by atoms with Crippen molar-refractivity contribution >= 4 is 32.7 Å². The number of piperidine rings is 1. The Kier molecular flexibility index (Phi) is 6.25. The molecule has 0 bridgehead atoms. The SMILES string of the molecule is C[C@@H](C(=O)N1CCC(c2ccc(S(=O)(=O)Nc3ccncn3)cc2)CC1)n1ccc2ccccc21.[HH].[HH]. The standard InChI is InChI=1S/C26H27N5O3S.2H2/c1-19(31-17-13-22-4-2-3-5-24(22)31)26(32)30-15-11-21(12-16-30)20-6-8-23(9-7-20)35(33,34)29-25-10-14-27-18-28-25;;/h2-10,13-14,17-19,21H,11-12,15-16H2,1H3,(H,27,28,29);2*1H/t19-;;/m0../s1. The van der Waals surface area contributed by atoms with Crippen molar-refractivity contribution in [1.82, 2.24) is 19.4 Å². The molecule has 2 aromatic carbocycles. The first-order chi connectivity index (χ1) is 16.9. The Morgan fingerprint density at radius 3 is 2.51 bits per heavy atom. The molecule has 4 aromatic rings. The van der Waals surface area contributed by atoms with Crippen molar-refractivity contribution in [1.29, 1.82) is 0 Å². The topological polar surface area (TPSA) is 97.2 Å². The maximum Gasteiger partial charge on any atom is 0.263 e. The summed E-state index contributed by atoms with van der Waals surface area (Å²) >= 11 is 0. The third-order valence-electron chi connectivity index (χ3n) is 6.69. The smallest absolute Gasteiger partial charge is 0.263 e. The zero-order valence-electron chi connectivity index (χ0n) is 19.4. The molecule has 5 rings (SSSR count). The average molecular weight is 494 g/mol. The fourth-order valence-electron chi connectivity index (χ4n) is 4.73. The average Bonchev–Trinajstić information content (AvgIpc) is 3.33. The van der Waals surface area contributed by atoms with Gasteiger partial charge in [-0.1, -0.05) is 30.3 Å². The summed E-state index contributed by atoms with van der Waals surface area (Å²) in [5.74, 6) is 0.638. The van der Waals surface area contributed by atoms with E-state index in [4.69, 9.17) is 0 Å². The van der Waals surface area contributed by atoms with E-state index >= 15 is 0 Å². The zero-order valence-corrected chi connectivity index (χ0v) is 20.2. The van der Waals surface area contributed by atoms with Gasteiger partial charge in [0.1, 0.15) is 18.2 Å². The first-order valence-electron chi connectivity index (χ1n) is 11.7. The van der Waals surface area contributed by atoms with E-state index in [9.17, 15) is 13.2 Å². The van der Waals surface area contributed by atoms with E-state index in [1.807, 2.05) is 59.0 Å². The highest BCUT2D eigenvalue weighted by Crippen LogP contribution is 2.30. The first-order valence-corrected chi connectivity index (χ1v) is 13.1. The predicted molar refractivity (Wildman–Crippen MR) is 139 cm³/mol. The molecule has 1 fully saturated rings. The van der Waals surface area contributed by atoms with E-state index in [2.05, 4.69) is 20.8 Å². The van der Waals surface area contributed by atoms with Crippen LogP contribution in [0.1, 0.15) is 40.1 Å². The van der Waals surface area contributed by atoms with Crippen LogP contribution >= 0.6 is 0 Å². The third kappa shape index (κ3) is 4.77. The molecule has 0 unspecified atom stereocenters. The number of hydrogen-bond acceptors (Lipinski definition) is 5. The minimum absolute atomic E-state index is 0. The molecule has 0 aliphatic carbocycles. The van der Waals surface area contributed by atoms with E-state index in [1.54, 1.807) is 12.1 Å². The summed E-state index contributed by atoms with van der Waals surface area (Å²) in [7, 11) is -3.72. The number of rotatable bonds is 6. The van der Waals surface area contributed by atoms with Gasteiger partial charge in [-0.3, -0.25) is 9.52 Å². The first kappa shape index (κ1) is 23.0. The molecule has 1 aliphatic rings. The number of sulfonamides is 1. The van der Waals surface area contributed by atoms with E-state index in [-0.39, 0.29) is 31.4 Å². The van der Waals surface area contributed by atoms with Gasteiger partial charge in [-0.15, -0.1) is 0 Å². The predicted octanol–water partition coefficient (Wildman–Crippen LogP) is 4.69. The third-order valence-corrected chi connectivity index (χ3v) is 8.06. The van der Waals surface area contributed by atoms with Gasteiger partial charge in [0, 0.05) is 33.9 Å². The summed E-state index contributed by atoms with van der Waals surface area (Å²) in [6.45, 7) is 3.32. The number of hydrogen-bond donors (Lipinski definition) is 1. The second-order valence-corrected chi connectivity index (χ2v) is 10.5. The highest BCUT2D eigenvalue weighted by molar-refractivity contribution is 7.92. The Morgan fingerprint density at radius 1 is 1.06 bits per heavy atom. The number of aromatic nitrogens is 3. The normalized spacial score (nSPS) is 15.7. The molecule has 0 spiro atoms. The minimum atomic E-state index is -3.72. The zero-order chi connectivity index (χ0) is 24.4. The van der Waals surface area contributed by atoms with Gasteiger partial charge in [-0.25, -0.2) is 18.4 Å². The number of nitrogens with zero attached hydrogens (tertiary/aromatic N) is 4. The number of nitrogens with one attached hydrogen (secondary N) is 1. The van der Waals surface area contributed by atoms with Gasteiger partial charge in [-0.2, -0.15) is 0 Å². The number of carbonyl (C=O) groups excluding carboxylic acids is 1. The largest absolute Gasteiger partial charge is 0.341 e. The fraction of sp³-hybridized carbons (Fsp3) is 0.269. The van der Waals surface area contributed by atoms with E-state index < -0.39 is 10.0 Å². The lowest BCUT2D eigenvalue weighted by molar-refractivity contribution is -0.135. The maximum atomic E-state index is 13.2. The molecular formula is C26H31N5O3S. The molecule has 1 N–H and O–H groups in total. The monoisotopic (exact) mass is 493 g/mol. The van der Waals surface area contributed by atoms with Gasteiger partial charge in [0.15, 0.2) is 0 Å².